The van der Waals surface area contributed by atoms with Gasteiger partial charge >= 0.3 is 4.87 Å². The van der Waals surface area contributed by atoms with Gasteiger partial charge in [0.2, 0.25) is 11.8 Å². The Hall–Kier alpha value is -4.42. The Bertz CT molecular complexity index is 1950. The van der Waals surface area contributed by atoms with Crippen LogP contribution in [0.2, 0.25) is 0 Å². The number of nitro groups is 1. The molecule has 1 N–H and O–H groups in total. The van der Waals surface area contributed by atoms with Gasteiger partial charge in [-0.2, -0.15) is 0 Å². The van der Waals surface area contributed by atoms with Crippen molar-refractivity contribution in [2.45, 2.75) is 36.1 Å². The predicted molar refractivity (Wildman–Crippen MR) is 173 cm³/mol. The van der Waals surface area contributed by atoms with E-state index in [0.29, 0.717) is 29.2 Å². The van der Waals surface area contributed by atoms with Crippen molar-refractivity contribution in [2.75, 3.05) is 12.0 Å². The van der Waals surface area contributed by atoms with E-state index in [4.69, 9.17) is 9.47 Å². The average Bonchev–Trinajstić information content (AvgIpc) is 3.79. The first kappa shape index (κ1) is 29.0. The number of aryl methyl sites for hydroxylation is 1. The Labute approximate surface area is 271 Å². The fourth-order valence-corrected chi connectivity index (χ4v) is 11.1. The summed E-state index contributed by atoms with van der Waals surface area (Å²) < 4.78 is 11.6. The number of thioether (sulfide) groups is 1. The van der Waals surface area contributed by atoms with Crippen molar-refractivity contribution in [1.82, 2.24) is 4.98 Å². The molecule has 0 radical (unpaired) electrons. The van der Waals surface area contributed by atoms with Gasteiger partial charge in [-0.25, -0.2) is 0 Å². The summed E-state index contributed by atoms with van der Waals surface area (Å²) in [6.07, 6.45) is 0.704. The van der Waals surface area contributed by atoms with Crippen molar-refractivity contribution in [2.24, 2.45) is 29.6 Å². The number of carbonyl (C=O) groups excluding carboxylic acids is 2. The number of imide groups is 1. The lowest BCUT2D eigenvalue weighted by atomic mass is 9.68. The Kier molecular flexibility index (Phi) is 6.84. The van der Waals surface area contributed by atoms with Crippen LogP contribution < -0.4 is 19.2 Å². The van der Waals surface area contributed by atoms with E-state index in [9.17, 15) is 24.5 Å². The number of hydrogen-bond donors (Lipinski definition) is 1. The monoisotopic (exact) mass is 655 g/mol. The summed E-state index contributed by atoms with van der Waals surface area (Å²) in [5.74, 6) is -1.01. The molecule has 0 spiro atoms. The van der Waals surface area contributed by atoms with Crippen LogP contribution in [0.3, 0.4) is 0 Å². The van der Waals surface area contributed by atoms with E-state index in [0.717, 1.165) is 32.4 Å². The number of non-ortho nitro benzene ring substituents is 1. The lowest BCUT2D eigenvalue weighted by Crippen LogP contribution is -2.42. The highest BCUT2D eigenvalue weighted by Crippen LogP contribution is 2.69. The van der Waals surface area contributed by atoms with Crippen LogP contribution in [0, 0.1) is 46.6 Å². The number of thiazole rings is 1. The summed E-state index contributed by atoms with van der Waals surface area (Å²) in [5, 5.41) is 12.7. The largest absolute Gasteiger partial charge is 0.497 e. The van der Waals surface area contributed by atoms with Gasteiger partial charge in [-0.15, -0.1) is 11.8 Å². The maximum Gasteiger partial charge on any atom is 0.305 e. The maximum absolute atomic E-state index is 14.1. The normalized spacial score (nSPS) is 27.3. The number of nitro benzene ring substituents is 1. The molecule has 4 aromatic rings. The number of anilines is 1. The Morgan fingerprint density at radius 3 is 2.39 bits per heavy atom. The first-order valence-corrected chi connectivity index (χ1v) is 16.8. The van der Waals surface area contributed by atoms with E-state index >= 15 is 0 Å². The van der Waals surface area contributed by atoms with E-state index in [1.165, 1.54) is 11.0 Å². The van der Waals surface area contributed by atoms with Gasteiger partial charge < -0.3 is 14.5 Å². The SMILES string of the molecule is COc1ccc(N2C(=O)[C@H]3[C@H]4C[C@@H]([C@@H]3C2=O)[C@H]2[C@H](c3cc([N+](=O)[O-])ccc3OCc3ccc(C)cc3)c3sc(=O)[nH]c3S[C@H]42)cc1. The fourth-order valence-electron chi connectivity index (χ4n) is 8.22. The average molecular weight is 656 g/mol. The van der Waals surface area contributed by atoms with E-state index in [-0.39, 0.29) is 52.0 Å². The minimum absolute atomic E-state index is 0.0641. The molecule has 3 heterocycles. The third-order valence-corrected chi connectivity index (χ3v) is 12.7. The van der Waals surface area contributed by atoms with Crippen LogP contribution >= 0.6 is 23.1 Å². The molecule has 10 nitrogen and oxygen atoms in total. The number of aromatic nitrogens is 1. The van der Waals surface area contributed by atoms with Crippen molar-refractivity contribution >= 4 is 46.3 Å². The minimum Gasteiger partial charge on any atom is -0.497 e. The second-order valence-electron chi connectivity index (χ2n) is 12.4. The van der Waals surface area contributed by atoms with Gasteiger partial charge in [-0.05, 0) is 67.0 Å². The van der Waals surface area contributed by atoms with Crippen molar-refractivity contribution in [3.05, 3.63) is 108 Å². The first-order chi connectivity index (χ1) is 22.2. The number of H-pyrrole nitrogens is 1. The molecular weight excluding hydrogens is 627 g/mol. The van der Waals surface area contributed by atoms with Crippen LogP contribution in [-0.4, -0.2) is 34.1 Å². The molecule has 12 heteroatoms. The van der Waals surface area contributed by atoms with Gasteiger partial charge in [-0.3, -0.25) is 29.4 Å². The highest BCUT2D eigenvalue weighted by Gasteiger charge is 2.70. The molecule has 3 fully saturated rings. The van der Waals surface area contributed by atoms with Gasteiger partial charge in [-0.1, -0.05) is 41.2 Å². The van der Waals surface area contributed by atoms with Crippen molar-refractivity contribution < 1.29 is 24.0 Å². The van der Waals surface area contributed by atoms with Crippen molar-refractivity contribution in [1.29, 1.82) is 0 Å². The number of methoxy groups -OCH3 is 1. The fraction of sp³-hybridized carbons (Fsp3) is 0.324. The Balaban J connectivity index is 1.21. The third kappa shape index (κ3) is 4.41. The summed E-state index contributed by atoms with van der Waals surface area (Å²) >= 11 is 2.68. The number of rotatable bonds is 7. The molecule has 2 saturated carbocycles. The number of carbonyl (C=O) groups is 2. The number of ether oxygens (including phenoxy) is 2. The molecule has 234 valence electrons. The lowest BCUT2D eigenvalue weighted by molar-refractivity contribution is -0.385. The molecule has 2 aliphatic carbocycles. The van der Waals surface area contributed by atoms with Gasteiger partial charge in [0, 0.05) is 33.7 Å². The number of fused-ring (bicyclic) bond motifs is 9. The van der Waals surface area contributed by atoms with Gasteiger partial charge in [0.15, 0.2) is 0 Å². The maximum atomic E-state index is 14.1. The van der Waals surface area contributed by atoms with Crippen molar-refractivity contribution in [3.63, 3.8) is 0 Å². The smallest absolute Gasteiger partial charge is 0.305 e. The molecule has 2 bridgehead atoms. The zero-order valence-corrected chi connectivity index (χ0v) is 26.5. The van der Waals surface area contributed by atoms with Crippen LogP contribution in [0.25, 0.3) is 0 Å². The molecule has 3 aromatic carbocycles. The van der Waals surface area contributed by atoms with Gasteiger partial charge in [0.1, 0.15) is 18.1 Å². The van der Waals surface area contributed by atoms with Gasteiger partial charge in [0.25, 0.3) is 5.69 Å². The minimum atomic E-state index is -0.503. The zero-order chi connectivity index (χ0) is 31.9. The second-order valence-corrected chi connectivity index (χ2v) is 14.6. The predicted octanol–water partition coefficient (Wildman–Crippen LogP) is 5.92. The van der Waals surface area contributed by atoms with Crippen LogP contribution in [0.5, 0.6) is 11.5 Å². The van der Waals surface area contributed by atoms with Crippen molar-refractivity contribution in [3.8, 4) is 11.5 Å². The van der Waals surface area contributed by atoms with Crippen LogP contribution in [0.15, 0.2) is 76.6 Å². The van der Waals surface area contributed by atoms with E-state index in [1.54, 1.807) is 55.3 Å². The molecule has 1 saturated heterocycles. The molecule has 46 heavy (non-hydrogen) atoms. The lowest BCUT2D eigenvalue weighted by Gasteiger charge is -2.43. The number of nitrogens with one attached hydrogen (secondary N) is 1. The third-order valence-electron chi connectivity index (χ3n) is 10.1. The molecule has 2 aliphatic heterocycles. The van der Waals surface area contributed by atoms with Crippen LogP contribution in [0.4, 0.5) is 11.4 Å². The number of amides is 2. The Morgan fingerprint density at radius 1 is 0.978 bits per heavy atom. The summed E-state index contributed by atoms with van der Waals surface area (Å²) in [4.78, 5) is 57.3. The summed E-state index contributed by atoms with van der Waals surface area (Å²) in [5.41, 5.74) is 3.15. The molecular formula is C34H29N3O7S2. The molecule has 1 aromatic heterocycles. The quantitative estimate of drug-likeness (QED) is 0.148. The van der Waals surface area contributed by atoms with E-state index < -0.39 is 22.7 Å². The first-order valence-electron chi connectivity index (χ1n) is 15.1. The molecule has 4 aliphatic rings. The number of hydrogen-bond acceptors (Lipinski definition) is 9. The topological polar surface area (TPSA) is 132 Å². The highest BCUT2D eigenvalue weighted by atomic mass is 32.2. The molecule has 2 amide bonds. The standard InChI is InChI=1S/C34H29N3O7S2/c1-16-3-5-17(6-4-16)15-44-24-12-9-19(37(41)42)13-21(24)25-26-22-14-23(29(26)45-31-30(25)46-34(40)35-31)28-27(22)32(38)36(33(28)39)18-7-10-20(43-2)11-8-18/h3-13,22-23,25-29H,14-15H2,1-2H3,(H,35,40)/t22-,23-,25+,26+,27+,28+,29-/m1/s1. The summed E-state index contributed by atoms with van der Waals surface area (Å²) in [6.45, 7) is 2.27. The number of nitrogens with zero attached hydrogens (tertiary/aromatic N) is 2. The second kappa shape index (κ2) is 10.8. The van der Waals surface area contributed by atoms with E-state index in [1.807, 2.05) is 31.2 Å². The number of benzene rings is 3. The van der Waals surface area contributed by atoms with Crippen LogP contribution in [0.1, 0.15) is 33.9 Å². The molecule has 7 atom stereocenters. The Morgan fingerprint density at radius 2 is 1.70 bits per heavy atom. The number of aromatic amines is 1. The van der Waals surface area contributed by atoms with Crippen LogP contribution in [-0.2, 0) is 16.2 Å². The summed E-state index contributed by atoms with van der Waals surface area (Å²) in [6, 6.07) is 19.5. The zero-order valence-electron chi connectivity index (χ0n) is 24.9. The summed E-state index contributed by atoms with van der Waals surface area (Å²) in [7, 11) is 1.56. The molecule has 8 rings (SSSR count). The van der Waals surface area contributed by atoms with Gasteiger partial charge in [0.05, 0.1) is 34.6 Å². The van der Waals surface area contributed by atoms with E-state index in [2.05, 4.69) is 4.98 Å². The molecule has 0 unspecified atom stereocenters. The highest BCUT2D eigenvalue weighted by molar-refractivity contribution is 8.00.